The van der Waals surface area contributed by atoms with Crippen molar-refractivity contribution >= 4 is 5.97 Å². The minimum atomic E-state index is -1.13. The summed E-state index contributed by atoms with van der Waals surface area (Å²) in [5, 5.41) is 9.72. The number of carboxylic acid groups (broad SMARTS) is 1. The highest BCUT2D eigenvalue weighted by atomic mass is 16.4. The number of carbonyl (C=O) groups is 1. The second-order valence-corrected chi connectivity index (χ2v) is 1.30. The van der Waals surface area contributed by atoms with Gasteiger partial charge in [0.25, 0.3) is 0 Å². The van der Waals surface area contributed by atoms with Crippen LogP contribution in [0.3, 0.4) is 0 Å². The van der Waals surface area contributed by atoms with Gasteiger partial charge in [-0.25, -0.2) is 0 Å². The van der Waals surface area contributed by atoms with Gasteiger partial charge in [-0.15, -0.1) is 0 Å². The topological polar surface area (TPSA) is 95.4 Å². The molecule has 0 bridgehead atoms. The van der Waals surface area contributed by atoms with Crippen LogP contribution in [0.2, 0.25) is 0 Å². The van der Waals surface area contributed by atoms with Crippen LogP contribution >= 0.6 is 0 Å². The first-order valence-electron chi connectivity index (χ1n) is 2.01. The predicted octanol–water partition coefficient (Wildman–Crippen LogP) is -4.41. The van der Waals surface area contributed by atoms with Crippen LogP contribution < -0.4 is 16.6 Å². The Morgan fingerprint density at radius 2 is 2.29 bits per heavy atom. The Morgan fingerprint density at radius 1 is 1.86 bits per heavy atom. The van der Waals surface area contributed by atoms with Gasteiger partial charge in [0.15, 0.2) is 6.04 Å². The van der Waals surface area contributed by atoms with Gasteiger partial charge in [0.1, 0.15) is 12.5 Å². The SMILES string of the molecule is [NH3+]CC([NH3+])C(=O)[O-]. The lowest BCUT2D eigenvalue weighted by molar-refractivity contribution is -0.496. The zero-order valence-electron chi connectivity index (χ0n) is 4.02. The molecule has 0 aromatic carbocycles. The van der Waals surface area contributed by atoms with Crippen molar-refractivity contribution in [2.45, 2.75) is 6.04 Å². The normalized spacial score (nSPS) is 13.4. The molecule has 1 unspecified atom stereocenters. The van der Waals surface area contributed by atoms with Crippen molar-refractivity contribution in [1.29, 1.82) is 0 Å². The van der Waals surface area contributed by atoms with Crippen molar-refractivity contribution < 1.29 is 21.4 Å². The van der Waals surface area contributed by atoms with Gasteiger partial charge in [-0.3, -0.25) is 0 Å². The highest BCUT2D eigenvalue weighted by Crippen LogP contribution is 1.57. The fourth-order valence-electron chi connectivity index (χ4n) is 0.118. The van der Waals surface area contributed by atoms with Crippen LogP contribution in [0.4, 0.5) is 0 Å². The summed E-state index contributed by atoms with van der Waals surface area (Å²) in [5.74, 6) is -1.13. The molecule has 6 N–H and O–H groups in total. The second kappa shape index (κ2) is 2.54. The van der Waals surface area contributed by atoms with Crippen LogP contribution in [0, 0.1) is 0 Å². The number of aliphatic carboxylic acids is 1. The van der Waals surface area contributed by atoms with E-state index in [1.807, 2.05) is 0 Å². The van der Waals surface area contributed by atoms with Gasteiger partial charge in [-0.2, -0.15) is 0 Å². The molecule has 4 heteroatoms. The highest BCUT2D eigenvalue weighted by Gasteiger charge is 2.03. The third kappa shape index (κ3) is 2.13. The maximum absolute atomic E-state index is 9.72. The molecule has 0 aliphatic rings. The molecule has 0 aromatic heterocycles. The Balaban J connectivity index is 3.34. The van der Waals surface area contributed by atoms with Gasteiger partial charge in [-0.05, 0) is 0 Å². The van der Waals surface area contributed by atoms with E-state index in [-0.39, 0.29) is 0 Å². The molecular formula is C3H9N2O2+. The molecule has 0 radical (unpaired) electrons. The molecule has 0 aliphatic carbocycles. The summed E-state index contributed by atoms with van der Waals surface area (Å²) in [5.41, 5.74) is 6.56. The molecule has 0 saturated heterocycles. The van der Waals surface area contributed by atoms with Crippen molar-refractivity contribution in [2.24, 2.45) is 0 Å². The molecule has 4 nitrogen and oxygen atoms in total. The Bertz CT molecular complexity index is 73.3. The summed E-state index contributed by atoms with van der Waals surface area (Å²) >= 11 is 0. The number of rotatable bonds is 2. The van der Waals surface area contributed by atoms with Gasteiger partial charge < -0.3 is 21.4 Å². The maximum atomic E-state index is 9.72. The Labute approximate surface area is 41.1 Å². The van der Waals surface area contributed by atoms with Crippen molar-refractivity contribution in [3.8, 4) is 0 Å². The minimum Gasteiger partial charge on any atom is -0.544 e. The van der Waals surface area contributed by atoms with E-state index in [0.29, 0.717) is 6.54 Å². The summed E-state index contributed by atoms with van der Waals surface area (Å²) in [6.07, 6.45) is 0. The minimum absolute atomic E-state index is 0.294. The first-order chi connectivity index (χ1) is 3.18. The Hall–Kier alpha value is -0.610. The van der Waals surface area contributed by atoms with E-state index in [9.17, 15) is 9.90 Å². The third-order valence-electron chi connectivity index (χ3n) is 0.682. The highest BCUT2D eigenvalue weighted by molar-refractivity contribution is 5.69. The zero-order chi connectivity index (χ0) is 5.86. The van der Waals surface area contributed by atoms with Gasteiger partial charge >= 0.3 is 0 Å². The van der Waals surface area contributed by atoms with Gasteiger partial charge in [0, 0.05) is 0 Å². The largest absolute Gasteiger partial charge is 0.544 e. The van der Waals surface area contributed by atoms with Crippen LogP contribution in [-0.2, 0) is 4.79 Å². The fourth-order valence-corrected chi connectivity index (χ4v) is 0.118. The average molecular weight is 105 g/mol. The van der Waals surface area contributed by atoms with E-state index in [2.05, 4.69) is 11.5 Å². The molecule has 42 valence electrons. The first kappa shape index (κ1) is 6.39. The summed E-state index contributed by atoms with van der Waals surface area (Å²) < 4.78 is 0. The number of quaternary nitrogens is 2. The smallest absolute Gasteiger partial charge is 0.174 e. The van der Waals surface area contributed by atoms with Crippen molar-refractivity contribution in [3.63, 3.8) is 0 Å². The van der Waals surface area contributed by atoms with Crippen LogP contribution in [0.25, 0.3) is 0 Å². The molecule has 0 rings (SSSR count). The van der Waals surface area contributed by atoms with Crippen LogP contribution in [0.1, 0.15) is 0 Å². The molecule has 0 spiro atoms. The lowest BCUT2D eigenvalue weighted by Gasteiger charge is -2.00. The van der Waals surface area contributed by atoms with E-state index in [1.165, 1.54) is 0 Å². The third-order valence-corrected chi connectivity index (χ3v) is 0.682. The molecule has 7 heavy (non-hydrogen) atoms. The molecular weight excluding hydrogens is 96.0 g/mol. The molecule has 0 aliphatic heterocycles. The van der Waals surface area contributed by atoms with Crippen LogP contribution in [0.15, 0.2) is 0 Å². The maximum Gasteiger partial charge on any atom is 0.174 e. The van der Waals surface area contributed by atoms with Crippen molar-refractivity contribution in [1.82, 2.24) is 0 Å². The van der Waals surface area contributed by atoms with Gasteiger partial charge in [-0.1, -0.05) is 0 Å². The van der Waals surface area contributed by atoms with E-state index in [4.69, 9.17) is 0 Å². The zero-order valence-corrected chi connectivity index (χ0v) is 4.02. The quantitative estimate of drug-likeness (QED) is 0.371. The summed E-state index contributed by atoms with van der Waals surface area (Å²) in [6.45, 7) is 0.294. The number of hydrogen-bond acceptors (Lipinski definition) is 2. The van der Waals surface area contributed by atoms with E-state index in [1.54, 1.807) is 0 Å². The molecule has 0 heterocycles. The van der Waals surface area contributed by atoms with E-state index < -0.39 is 12.0 Å². The summed E-state index contributed by atoms with van der Waals surface area (Å²) in [6, 6.07) is -0.653. The monoisotopic (exact) mass is 105 g/mol. The first-order valence-corrected chi connectivity index (χ1v) is 2.01. The van der Waals surface area contributed by atoms with E-state index in [0.717, 1.165) is 0 Å². The lowest BCUT2D eigenvalue weighted by atomic mass is 10.3. The standard InChI is InChI=1S/C3H8N2O2/c4-1-2(5)3(6)7/h2H,1,4-5H2,(H,6,7)/p+1. The number of carbonyl (C=O) groups excluding carboxylic acids is 1. The van der Waals surface area contributed by atoms with E-state index >= 15 is 0 Å². The molecule has 1 atom stereocenters. The Kier molecular flexibility index (Phi) is 2.32. The van der Waals surface area contributed by atoms with Crippen molar-refractivity contribution in [3.05, 3.63) is 0 Å². The summed E-state index contributed by atoms with van der Waals surface area (Å²) in [7, 11) is 0. The molecule has 0 saturated carbocycles. The van der Waals surface area contributed by atoms with Gasteiger partial charge in [0.2, 0.25) is 0 Å². The van der Waals surface area contributed by atoms with Crippen molar-refractivity contribution in [2.75, 3.05) is 6.54 Å². The summed E-state index contributed by atoms with van der Waals surface area (Å²) in [4.78, 5) is 9.72. The van der Waals surface area contributed by atoms with Gasteiger partial charge in [0.05, 0.1) is 0 Å². The number of carboxylic acids is 1. The van der Waals surface area contributed by atoms with Crippen LogP contribution in [-0.4, -0.2) is 18.6 Å². The molecule has 0 aromatic rings. The lowest BCUT2D eigenvalue weighted by Crippen LogP contribution is -2.77. The average Bonchev–Trinajstić information content (AvgIpc) is 1.65. The molecule has 0 fully saturated rings. The van der Waals surface area contributed by atoms with Crippen LogP contribution in [0.5, 0.6) is 0 Å². The molecule has 0 amide bonds. The number of hydrogen-bond donors (Lipinski definition) is 2. The predicted molar refractivity (Wildman–Crippen MR) is 19.4 cm³/mol. The fraction of sp³-hybridized carbons (Fsp3) is 0.667. The Morgan fingerprint density at radius 3 is 2.29 bits per heavy atom. The second-order valence-electron chi connectivity index (χ2n) is 1.30.